The van der Waals surface area contributed by atoms with Gasteiger partial charge in [-0.25, -0.2) is 8.42 Å². The highest BCUT2D eigenvalue weighted by Crippen LogP contribution is 2.30. The van der Waals surface area contributed by atoms with Crippen molar-refractivity contribution in [1.82, 2.24) is 4.31 Å². The van der Waals surface area contributed by atoms with Gasteiger partial charge in [-0.3, -0.25) is 4.79 Å². The van der Waals surface area contributed by atoms with Gasteiger partial charge in [0.25, 0.3) is 0 Å². The number of nitrogens with zero attached hydrogens (tertiary/aromatic N) is 1. The fourth-order valence-corrected chi connectivity index (χ4v) is 4.70. The number of benzene rings is 1. The first kappa shape index (κ1) is 16.3. The molecule has 1 saturated heterocycles. The second-order valence-corrected chi connectivity index (χ2v) is 8.00. The summed E-state index contributed by atoms with van der Waals surface area (Å²) in [7, 11) is -3.67. The van der Waals surface area contributed by atoms with Crippen LogP contribution in [0.3, 0.4) is 0 Å². The number of nitrogens with two attached hydrogens (primary N) is 2. The number of primary amides is 1. The van der Waals surface area contributed by atoms with Gasteiger partial charge in [-0.15, -0.1) is 0 Å². The Kier molecular flexibility index (Phi) is 4.60. The third kappa shape index (κ3) is 3.22. The number of carbonyl (C=O) groups is 1. The molecule has 0 radical (unpaired) electrons. The average molecular weight is 376 g/mol. The Morgan fingerprint density at radius 1 is 1.43 bits per heavy atom. The molecule has 116 valence electrons. The summed E-state index contributed by atoms with van der Waals surface area (Å²) < 4.78 is 27.5. The van der Waals surface area contributed by atoms with Crippen molar-refractivity contribution >= 4 is 37.5 Å². The van der Waals surface area contributed by atoms with Crippen molar-refractivity contribution < 1.29 is 13.2 Å². The van der Waals surface area contributed by atoms with Crippen molar-refractivity contribution in [3.8, 4) is 0 Å². The van der Waals surface area contributed by atoms with E-state index in [2.05, 4.69) is 15.9 Å². The summed E-state index contributed by atoms with van der Waals surface area (Å²) in [5.41, 5.74) is 12.1. The number of amides is 1. The van der Waals surface area contributed by atoms with Crippen molar-refractivity contribution in [1.29, 1.82) is 0 Å². The van der Waals surface area contributed by atoms with Gasteiger partial charge in [0.1, 0.15) is 0 Å². The van der Waals surface area contributed by atoms with Crippen LogP contribution in [0.2, 0.25) is 0 Å². The molecule has 0 aliphatic carbocycles. The first-order valence-corrected chi connectivity index (χ1v) is 8.82. The van der Waals surface area contributed by atoms with Gasteiger partial charge >= 0.3 is 0 Å². The Labute approximate surface area is 132 Å². The summed E-state index contributed by atoms with van der Waals surface area (Å²) in [6, 6.07) is 3.13. The molecule has 21 heavy (non-hydrogen) atoms. The van der Waals surface area contributed by atoms with Crippen LogP contribution < -0.4 is 11.5 Å². The van der Waals surface area contributed by atoms with Gasteiger partial charge < -0.3 is 11.5 Å². The van der Waals surface area contributed by atoms with Crippen LogP contribution in [-0.4, -0.2) is 31.7 Å². The number of piperidine rings is 1. The van der Waals surface area contributed by atoms with Gasteiger partial charge in [0.05, 0.1) is 10.8 Å². The zero-order valence-electron chi connectivity index (χ0n) is 11.7. The Bertz CT molecular complexity index is 675. The molecule has 1 aromatic carbocycles. The summed E-state index contributed by atoms with van der Waals surface area (Å²) in [4.78, 5) is 11.5. The molecule has 0 bridgehead atoms. The van der Waals surface area contributed by atoms with E-state index in [0.29, 0.717) is 35.1 Å². The predicted octanol–water partition coefficient (Wildman–Crippen LogP) is 1.23. The fourth-order valence-electron chi connectivity index (χ4n) is 2.48. The van der Waals surface area contributed by atoms with Crippen molar-refractivity contribution in [2.75, 3.05) is 18.8 Å². The lowest BCUT2D eigenvalue weighted by atomic mass is 9.99. The normalized spacial score (nSPS) is 20.4. The standard InChI is InChI=1S/C13H18BrN3O3S/c1-8-5-10(14)11(15)6-12(8)21(19,20)17-4-2-3-9(7-17)13(16)18/h5-6,9H,2-4,7,15H2,1H3,(H2,16,18). The van der Waals surface area contributed by atoms with Crippen LogP contribution in [0.5, 0.6) is 0 Å². The lowest BCUT2D eigenvalue weighted by molar-refractivity contribution is -0.122. The van der Waals surface area contributed by atoms with E-state index in [1.807, 2.05) is 0 Å². The quantitative estimate of drug-likeness (QED) is 0.774. The van der Waals surface area contributed by atoms with Crippen molar-refractivity contribution in [3.63, 3.8) is 0 Å². The van der Waals surface area contributed by atoms with Crippen LogP contribution in [0.25, 0.3) is 0 Å². The van der Waals surface area contributed by atoms with Crippen molar-refractivity contribution in [2.24, 2.45) is 11.7 Å². The van der Waals surface area contributed by atoms with E-state index < -0.39 is 21.8 Å². The summed E-state index contributed by atoms with van der Waals surface area (Å²) >= 11 is 3.28. The largest absolute Gasteiger partial charge is 0.398 e. The molecular weight excluding hydrogens is 358 g/mol. The van der Waals surface area contributed by atoms with Crippen molar-refractivity contribution in [2.45, 2.75) is 24.7 Å². The van der Waals surface area contributed by atoms with E-state index in [9.17, 15) is 13.2 Å². The summed E-state index contributed by atoms with van der Waals surface area (Å²) in [5.74, 6) is -0.886. The molecule has 6 nitrogen and oxygen atoms in total. The smallest absolute Gasteiger partial charge is 0.243 e. The molecule has 1 aliphatic heterocycles. The van der Waals surface area contributed by atoms with Crippen LogP contribution in [0, 0.1) is 12.8 Å². The number of hydrogen-bond acceptors (Lipinski definition) is 4. The monoisotopic (exact) mass is 375 g/mol. The second kappa shape index (κ2) is 5.94. The lowest BCUT2D eigenvalue weighted by Crippen LogP contribution is -2.44. The van der Waals surface area contributed by atoms with E-state index in [4.69, 9.17) is 11.5 Å². The summed E-state index contributed by atoms with van der Waals surface area (Å²) in [6.07, 6.45) is 1.25. The molecule has 8 heteroatoms. The predicted molar refractivity (Wildman–Crippen MR) is 84.0 cm³/mol. The van der Waals surface area contributed by atoms with Gasteiger partial charge in [-0.2, -0.15) is 4.31 Å². The van der Waals surface area contributed by atoms with Gasteiger partial charge in [0.2, 0.25) is 15.9 Å². The van der Waals surface area contributed by atoms with Gasteiger partial charge in [-0.1, -0.05) is 0 Å². The third-order valence-corrected chi connectivity index (χ3v) is 6.39. The molecule has 1 atom stereocenters. The third-order valence-electron chi connectivity index (χ3n) is 3.70. The molecule has 2 rings (SSSR count). The Morgan fingerprint density at radius 2 is 2.10 bits per heavy atom. The maximum atomic E-state index is 12.7. The maximum Gasteiger partial charge on any atom is 0.243 e. The van der Waals surface area contributed by atoms with E-state index in [-0.39, 0.29) is 11.4 Å². The zero-order chi connectivity index (χ0) is 15.8. The van der Waals surface area contributed by atoms with Crippen LogP contribution in [0.1, 0.15) is 18.4 Å². The SMILES string of the molecule is Cc1cc(Br)c(N)cc1S(=O)(=O)N1CCCC(C(N)=O)C1. The van der Waals surface area contributed by atoms with Crippen LogP contribution >= 0.6 is 15.9 Å². The molecule has 1 fully saturated rings. The number of aryl methyl sites for hydroxylation is 1. The molecule has 4 N–H and O–H groups in total. The summed E-state index contributed by atoms with van der Waals surface area (Å²) in [6.45, 7) is 2.24. The minimum atomic E-state index is -3.67. The number of hydrogen-bond donors (Lipinski definition) is 2. The molecule has 1 aromatic rings. The Hall–Kier alpha value is -1.12. The lowest BCUT2D eigenvalue weighted by Gasteiger charge is -2.30. The average Bonchev–Trinajstić information content (AvgIpc) is 2.42. The molecule has 1 unspecified atom stereocenters. The fraction of sp³-hybridized carbons (Fsp3) is 0.462. The Balaban J connectivity index is 2.38. The minimum absolute atomic E-state index is 0.132. The highest BCUT2D eigenvalue weighted by Gasteiger charge is 2.33. The number of anilines is 1. The number of sulfonamides is 1. The highest BCUT2D eigenvalue weighted by molar-refractivity contribution is 9.10. The number of rotatable bonds is 3. The summed E-state index contributed by atoms with van der Waals surface area (Å²) in [5, 5.41) is 0. The molecule has 1 amide bonds. The molecule has 0 spiro atoms. The molecule has 1 aliphatic rings. The number of nitrogen functional groups attached to an aromatic ring is 1. The van der Waals surface area contributed by atoms with Crippen LogP contribution in [0.15, 0.2) is 21.5 Å². The van der Waals surface area contributed by atoms with Crippen LogP contribution in [-0.2, 0) is 14.8 Å². The number of halogens is 1. The molecule has 1 heterocycles. The molecule has 0 saturated carbocycles. The van der Waals surface area contributed by atoms with Crippen molar-refractivity contribution in [3.05, 3.63) is 22.2 Å². The second-order valence-electron chi connectivity index (χ2n) is 5.24. The van der Waals surface area contributed by atoms with E-state index >= 15 is 0 Å². The highest BCUT2D eigenvalue weighted by atomic mass is 79.9. The van der Waals surface area contributed by atoms with E-state index in [1.165, 1.54) is 10.4 Å². The minimum Gasteiger partial charge on any atom is -0.398 e. The van der Waals surface area contributed by atoms with E-state index in [0.717, 1.165) is 0 Å². The van der Waals surface area contributed by atoms with Gasteiger partial charge in [-0.05, 0) is 53.4 Å². The van der Waals surface area contributed by atoms with Gasteiger partial charge in [0, 0.05) is 23.2 Å². The topological polar surface area (TPSA) is 106 Å². The molecule has 0 aromatic heterocycles. The van der Waals surface area contributed by atoms with Crippen LogP contribution in [0.4, 0.5) is 5.69 Å². The maximum absolute atomic E-state index is 12.7. The first-order chi connectivity index (χ1) is 9.73. The number of carbonyl (C=O) groups excluding carboxylic acids is 1. The Morgan fingerprint density at radius 3 is 2.71 bits per heavy atom. The first-order valence-electron chi connectivity index (χ1n) is 6.58. The van der Waals surface area contributed by atoms with E-state index in [1.54, 1.807) is 13.0 Å². The molecular formula is C13H18BrN3O3S. The zero-order valence-corrected chi connectivity index (χ0v) is 14.1. The van der Waals surface area contributed by atoms with Gasteiger partial charge in [0.15, 0.2) is 0 Å².